The molecule has 1 unspecified atom stereocenters. The van der Waals surface area contributed by atoms with E-state index < -0.39 is 68.3 Å². The number of hydrogen-bond acceptors (Lipinski definition) is 9. The van der Waals surface area contributed by atoms with Crippen molar-refractivity contribution in [3.8, 4) is 5.75 Å². The summed E-state index contributed by atoms with van der Waals surface area (Å²) in [5, 5.41) is 13.1. The van der Waals surface area contributed by atoms with Crippen LogP contribution in [0.25, 0.3) is 0 Å². The van der Waals surface area contributed by atoms with Crippen LogP contribution in [0.2, 0.25) is 0 Å². The molecule has 14 heteroatoms. The number of nitrogens with one attached hydrogen (secondary N) is 2. The van der Waals surface area contributed by atoms with Gasteiger partial charge in [0.25, 0.3) is 5.56 Å². The third-order valence-corrected chi connectivity index (χ3v) is 7.79. The number of benzene rings is 1. The van der Waals surface area contributed by atoms with Crippen LogP contribution >= 0.6 is 7.75 Å². The summed E-state index contributed by atoms with van der Waals surface area (Å²) < 4.78 is 51.7. The highest BCUT2D eigenvalue weighted by Crippen LogP contribution is 2.47. The summed E-state index contributed by atoms with van der Waals surface area (Å²) in [6, 6.07) is 6.24. The Morgan fingerprint density at radius 3 is 2.76 bits per heavy atom. The summed E-state index contributed by atoms with van der Waals surface area (Å²) in [6.07, 6.45) is -1.38. The Labute approximate surface area is 217 Å². The summed E-state index contributed by atoms with van der Waals surface area (Å²) in [7, 11) is -4.27. The summed E-state index contributed by atoms with van der Waals surface area (Å²) in [4.78, 5) is 37.6. The number of aromatic nitrogens is 2. The predicted molar refractivity (Wildman–Crippen MR) is 133 cm³/mol. The average molecular weight is 555 g/mol. The van der Waals surface area contributed by atoms with Gasteiger partial charge >= 0.3 is 19.4 Å². The molecule has 208 valence electrons. The van der Waals surface area contributed by atoms with Gasteiger partial charge in [-0.2, -0.15) is 0 Å². The fourth-order valence-corrected chi connectivity index (χ4v) is 5.71. The number of H-pyrrole nitrogens is 1. The van der Waals surface area contributed by atoms with E-state index in [4.69, 9.17) is 18.5 Å². The van der Waals surface area contributed by atoms with Crippen molar-refractivity contribution < 1.29 is 37.4 Å². The molecule has 1 aliphatic carbocycles. The first-order valence-corrected chi connectivity index (χ1v) is 13.8. The standard InChI is InChI=1S/C24H31FN3O9P/c1-14(2)35-20(30)12-26-38(33,37-17-8-7-15-5-4-6-16(15)11-17)34-13-18-21(31)24(3,25)22(36-18)28-10-9-19(29)27-23(28)32/h7-11,14,18,21-22,31H,4-6,12-13H2,1-3H3,(H,26,33)(H,27,29,32)/t18-,21-,22-,24-,38?/m1/s1. The summed E-state index contributed by atoms with van der Waals surface area (Å²) in [6.45, 7) is 3.22. The van der Waals surface area contributed by atoms with Gasteiger partial charge in [0.15, 0.2) is 11.9 Å². The van der Waals surface area contributed by atoms with E-state index in [2.05, 4.69) is 5.09 Å². The summed E-state index contributed by atoms with van der Waals surface area (Å²) in [5.74, 6) is -0.466. The van der Waals surface area contributed by atoms with Crippen LogP contribution in [0.4, 0.5) is 4.39 Å². The Kier molecular flexibility index (Phi) is 8.24. The molecule has 2 aliphatic rings. The number of carbonyl (C=O) groups is 1. The van der Waals surface area contributed by atoms with Gasteiger partial charge < -0.3 is 19.1 Å². The van der Waals surface area contributed by atoms with Crippen LogP contribution in [-0.2, 0) is 36.2 Å². The number of fused-ring (bicyclic) bond motifs is 1. The number of halogens is 1. The van der Waals surface area contributed by atoms with E-state index in [9.17, 15) is 24.1 Å². The number of ether oxygens (including phenoxy) is 2. The second-order valence-electron chi connectivity index (χ2n) is 9.68. The largest absolute Gasteiger partial charge is 0.462 e. The minimum absolute atomic E-state index is 0.236. The number of aliphatic hydroxyl groups excluding tert-OH is 1. The monoisotopic (exact) mass is 555 g/mol. The van der Waals surface area contributed by atoms with Crippen LogP contribution in [0.1, 0.15) is 44.5 Å². The number of esters is 1. The fourth-order valence-electron chi connectivity index (χ4n) is 4.45. The molecule has 0 amide bonds. The molecule has 4 rings (SSSR count). The number of aliphatic hydroxyl groups is 1. The van der Waals surface area contributed by atoms with Gasteiger partial charge in [0.2, 0.25) is 0 Å². The number of hydrogen-bond donors (Lipinski definition) is 3. The maximum Gasteiger partial charge on any atom is 0.459 e. The Hall–Kier alpha value is -2.83. The lowest BCUT2D eigenvalue weighted by Crippen LogP contribution is -2.43. The molecule has 0 radical (unpaired) electrons. The van der Waals surface area contributed by atoms with E-state index in [0.717, 1.165) is 54.1 Å². The van der Waals surface area contributed by atoms with Crippen molar-refractivity contribution in [2.75, 3.05) is 13.2 Å². The minimum Gasteiger partial charge on any atom is -0.462 e. The topological polar surface area (TPSA) is 158 Å². The Balaban J connectivity index is 1.51. The van der Waals surface area contributed by atoms with Gasteiger partial charge in [0.1, 0.15) is 24.5 Å². The normalized spacial score (nSPS) is 26.2. The lowest BCUT2D eigenvalue weighted by molar-refractivity contribution is -0.146. The molecule has 5 atom stereocenters. The van der Waals surface area contributed by atoms with Gasteiger partial charge in [-0.1, -0.05) is 6.07 Å². The van der Waals surface area contributed by atoms with Crippen LogP contribution in [-0.4, -0.2) is 57.8 Å². The first-order valence-electron chi connectivity index (χ1n) is 12.2. The maximum absolute atomic E-state index is 15.5. The molecule has 1 fully saturated rings. The lowest BCUT2D eigenvalue weighted by atomic mass is 9.98. The smallest absolute Gasteiger partial charge is 0.459 e. The molecule has 12 nitrogen and oxygen atoms in total. The van der Waals surface area contributed by atoms with E-state index in [0.29, 0.717) is 0 Å². The second kappa shape index (κ2) is 11.1. The Morgan fingerprint density at radius 2 is 2.05 bits per heavy atom. The molecule has 2 heterocycles. The van der Waals surface area contributed by atoms with Crippen LogP contribution in [0.3, 0.4) is 0 Å². The molecule has 1 aromatic carbocycles. The number of rotatable bonds is 10. The molecule has 38 heavy (non-hydrogen) atoms. The minimum atomic E-state index is -4.27. The second-order valence-corrected chi connectivity index (χ2v) is 11.4. The van der Waals surface area contributed by atoms with Crippen LogP contribution < -0.4 is 20.9 Å². The van der Waals surface area contributed by atoms with Gasteiger partial charge in [-0.15, -0.1) is 0 Å². The van der Waals surface area contributed by atoms with Crippen molar-refractivity contribution in [1.29, 1.82) is 0 Å². The fraction of sp³-hybridized carbons (Fsp3) is 0.542. The van der Waals surface area contributed by atoms with Crippen molar-refractivity contribution in [3.63, 3.8) is 0 Å². The molecule has 3 N–H and O–H groups in total. The number of carbonyl (C=O) groups excluding carboxylic acids is 1. The van der Waals surface area contributed by atoms with Crippen molar-refractivity contribution >= 4 is 13.7 Å². The Morgan fingerprint density at radius 1 is 1.32 bits per heavy atom. The van der Waals surface area contributed by atoms with E-state index in [1.807, 2.05) is 11.1 Å². The van der Waals surface area contributed by atoms with Crippen LogP contribution in [0.15, 0.2) is 40.1 Å². The highest BCUT2D eigenvalue weighted by Gasteiger charge is 2.55. The zero-order chi connectivity index (χ0) is 27.7. The maximum atomic E-state index is 15.5. The molecule has 1 aromatic heterocycles. The molecule has 0 spiro atoms. The number of aryl methyl sites for hydroxylation is 2. The van der Waals surface area contributed by atoms with Crippen LogP contribution in [0, 0.1) is 0 Å². The van der Waals surface area contributed by atoms with Crippen molar-refractivity contribution in [2.24, 2.45) is 0 Å². The van der Waals surface area contributed by atoms with Crippen LogP contribution in [0.5, 0.6) is 5.75 Å². The number of nitrogens with zero attached hydrogens (tertiary/aromatic N) is 1. The first kappa shape index (κ1) is 28.2. The third-order valence-electron chi connectivity index (χ3n) is 6.31. The van der Waals surface area contributed by atoms with E-state index in [-0.39, 0.29) is 5.75 Å². The van der Waals surface area contributed by atoms with Gasteiger partial charge in [-0.3, -0.25) is 23.7 Å². The highest BCUT2D eigenvalue weighted by molar-refractivity contribution is 7.52. The van der Waals surface area contributed by atoms with E-state index >= 15 is 4.39 Å². The molecular formula is C24H31FN3O9P. The average Bonchev–Trinajstić information content (AvgIpc) is 3.39. The van der Waals surface area contributed by atoms with Gasteiger partial charge in [0, 0.05) is 12.3 Å². The van der Waals surface area contributed by atoms with Gasteiger partial charge in [-0.25, -0.2) is 18.8 Å². The van der Waals surface area contributed by atoms with Crippen molar-refractivity contribution in [2.45, 2.75) is 70.2 Å². The summed E-state index contributed by atoms with van der Waals surface area (Å²) in [5.41, 5.74) is -1.89. The molecule has 1 aliphatic heterocycles. The Bertz CT molecular complexity index is 1340. The van der Waals surface area contributed by atoms with E-state index in [1.54, 1.807) is 26.0 Å². The zero-order valence-electron chi connectivity index (χ0n) is 21.2. The zero-order valence-corrected chi connectivity index (χ0v) is 22.1. The van der Waals surface area contributed by atoms with Gasteiger partial charge in [-0.05, 0) is 63.3 Å². The molecule has 0 saturated carbocycles. The third kappa shape index (κ3) is 6.24. The van der Waals surface area contributed by atoms with E-state index in [1.165, 1.54) is 0 Å². The number of aromatic amines is 1. The van der Waals surface area contributed by atoms with Crippen molar-refractivity contribution in [1.82, 2.24) is 14.6 Å². The highest BCUT2D eigenvalue weighted by atomic mass is 31.2. The first-order chi connectivity index (χ1) is 17.9. The quantitative estimate of drug-likeness (QED) is 0.291. The molecule has 0 bridgehead atoms. The molecule has 1 saturated heterocycles. The number of alkyl halides is 1. The summed E-state index contributed by atoms with van der Waals surface area (Å²) >= 11 is 0. The molecule has 2 aromatic rings. The predicted octanol–water partition coefficient (Wildman–Crippen LogP) is 1.76. The van der Waals surface area contributed by atoms with Gasteiger partial charge in [0.05, 0.1) is 12.7 Å². The molecular weight excluding hydrogens is 524 g/mol. The van der Waals surface area contributed by atoms with Crippen molar-refractivity contribution in [3.05, 3.63) is 62.4 Å². The lowest BCUT2D eigenvalue weighted by Gasteiger charge is -2.24. The SMILES string of the molecule is CC(C)OC(=O)CNP(=O)(OC[C@H]1O[C@@H](n2ccc(=O)[nH]c2=O)[C@](C)(F)[C@@H]1O)Oc1ccc2c(c1)CCC2.